The van der Waals surface area contributed by atoms with Crippen LogP contribution in [0.2, 0.25) is 39.3 Å². The molecule has 1 fully saturated rings. The molecule has 1 heterocycles. The molecule has 0 aromatic heterocycles. The first-order valence-corrected chi connectivity index (χ1v) is 14.7. The first kappa shape index (κ1) is 19.0. The Labute approximate surface area is 139 Å². The third kappa shape index (κ3) is 3.13. The highest BCUT2D eigenvalue weighted by atomic mass is 32.2. The van der Waals surface area contributed by atoms with Gasteiger partial charge in [0.05, 0.1) is 0 Å². The van der Waals surface area contributed by atoms with Crippen LogP contribution < -0.4 is 5.46 Å². The quantitative estimate of drug-likeness (QED) is 0.256. The maximum atomic E-state index is 14.2. The van der Waals surface area contributed by atoms with Crippen LogP contribution in [0.4, 0.5) is 22.0 Å². The molecule has 0 bridgehead atoms. The van der Waals surface area contributed by atoms with Crippen molar-refractivity contribution in [3.8, 4) is 0 Å². The molecule has 0 N–H and O–H groups in total. The molecule has 11 heteroatoms. The van der Waals surface area contributed by atoms with Crippen LogP contribution in [0.5, 0.6) is 0 Å². The van der Waals surface area contributed by atoms with Gasteiger partial charge in [0.1, 0.15) is 16.5 Å². The van der Waals surface area contributed by atoms with Crippen molar-refractivity contribution < 1.29 is 22.0 Å². The molecule has 0 amide bonds. The molecule has 0 atom stereocenters. The first-order valence-electron chi connectivity index (χ1n) is 7.06. The molecule has 1 aromatic rings. The molecule has 1 aliphatic rings. The van der Waals surface area contributed by atoms with Gasteiger partial charge in [-0.2, -0.15) is 0 Å². The summed E-state index contributed by atoms with van der Waals surface area (Å²) in [4.78, 5) is 0. The zero-order valence-corrected chi connectivity index (χ0v) is 16.6. The lowest BCUT2D eigenvalue weighted by Gasteiger charge is -2.57. The number of hydrogen-bond donors (Lipinski definition) is 0. The molecule has 2 rings (SSSR count). The van der Waals surface area contributed by atoms with Crippen molar-refractivity contribution in [2.45, 2.75) is 39.3 Å². The van der Waals surface area contributed by atoms with Crippen LogP contribution in [0.15, 0.2) is 0 Å². The van der Waals surface area contributed by atoms with E-state index < -0.39 is 58.0 Å². The molecule has 23 heavy (non-hydrogen) atoms. The molecule has 128 valence electrons. The molecule has 1 aliphatic heterocycles. The summed E-state index contributed by atoms with van der Waals surface area (Å²) in [5.41, 5.74) is -0.745. The summed E-state index contributed by atoms with van der Waals surface area (Å²) in [5, 5.41) is 0. The minimum Gasteiger partial charge on any atom is -0.279 e. The maximum absolute atomic E-state index is 14.2. The smallest absolute Gasteiger partial charge is 0.279 e. The minimum absolute atomic E-state index is 0.745. The van der Waals surface area contributed by atoms with Gasteiger partial charge in [-0.25, -0.2) is 22.0 Å². The van der Waals surface area contributed by atoms with Crippen molar-refractivity contribution in [3.63, 3.8) is 0 Å². The van der Waals surface area contributed by atoms with Gasteiger partial charge in [-0.1, -0.05) is 39.3 Å². The van der Waals surface area contributed by atoms with Gasteiger partial charge in [-0.05, 0) is 12.1 Å². The lowest BCUT2D eigenvalue weighted by molar-refractivity contribution is 0.383. The SMILES string of the molecule is C[Si](C)(C)N1SN([Si](C)(C)C)B1c1c(F)c(F)c(F)c(F)c1F. The van der Waals surface area contributed by atoms with E-state index in [1.54, 1.807) is 7.76 Å². The van der Waals surface area contributed by atoms with Crippen molar-refractivity contribution in [2.75, 3.05) is 0 Å². The summed E-state index contributed by atoms with van der Waals surface area (Å²) in [7, 11) is -4.06. The maximum Gasteiger partial charge on any atom is 0.360 e. The van der Waals surface area contributed by atoms with E-state index in [1.807, 2.05) is 39.3 Å². The van der Waals surface area contributed by atoms with Gasteiger partial charge < -0.3 is 0 Å². The molecule has 0 radical (unpaired) electrons. The largest absolute Gasteiger partial charge is 0.360 e. The average Bonchev–Trinajstić information content (AvgIpc) is 2.34. The van der Waals surface area contributed by atoms with E-state index in [0.717, 1.165) is 0 Å². The van der Waals surface area contributed by atoms with Gasteiger partial charge in [0.25, 0.3) is 0 Å². The molecule has 0 spiro atoms. The Balaban J connectivity index is 2.65. The summed E-state index contributed by atoms with van der Waals surface area (Å²) in [5.74, 6) is -9.37. The summed E-state index contributed by atoms with van der Waals surface area (Å²) in [6, 6.07) is 0. The van der Waals surface area contributed by atoms with E-state index in [9.17, 15) is 22.0 Å². The lowest BCUT2D eigenvalue weighted by Crippen LogP contribution is -2.77. The number of rotatable bonds is 3. The second-order valence-electron chi connectivity index (χ2n) is 7.43. The second-order valence-corrected chi connectivity index (χ2v) is 18.7. The van der Waals surface area contributed by atoms with Gasteiger partial charge in [-0.15, -0.1) is 0 Å². The van der Waals surface area contributed by atoms with Crippen molar-refractivity contribution in [2.24, 2.45) is 0 Å². The van der Waals surface area contributed by atoms with Gasteiger partial charge in [-0.3, -0.25) is 7.76 Å². The second kappa shape index (κ2) is 5.87. The Bertz CT molecular complexity index is 601. The Morgan fingerprint density at radius 2 is 0.957 bits per heavy atom. The van der Waals surface area contributed by atoms with Crippen molar-refractivity contribution >= 4 is 41.1 Å². The first-order chi connectivity index (χ1) is 10.3. The number of halogens is 5. The Kier molecular flexibility index (Phi) is 4.84. The van der Waals surface area contributed by atoms with Gasteiger partial charge in [0.15, 0.2) is 29.1 Å². The zero-order chi connectivity index (χ0) is 17.9. The van der Waals surface area contributed by atoms with Crippen LogP contribution in [-0.4, -0.2) is 31.2 Å². The topological polar surface area (TPSA) is 6.48 Å². The van der Waals surface area contributed by atoms with E-state index in [4.69, 9.17) is 0 Å². The molecule has 0 aliphatic carbocycles. The van der Waals surface area contributed by atoms with E-state index in [1.165, 1.54) is 12.1 Å². The predicted molar refractivity (Wildman–Crippen MR) is 89.6 cm³/mol. The molecule has 1 aromatic carbocycles. The fraction of sp³-hybridized carbons (Fsp3) is 0.500. The fourth-order valence-corrected chi connectivity index (χ4v) is 7.90. The molecule has 2 nitrogen and oxygen atoms in total. The van der Waals surface area contributed by atoms with Crippen LogP contribution >= 0.6 is 12.1 Å². The molecule has 1 saturated heterocycles. The van der Waals surface area contributed by atoms with Crippen molar-refractivity contribution in [1.29, 1.82) is 0 Å². The average molecular weight is 384 g/mol. The van der Waals surface area contributed by atoms with Crippen LogP contribution in [0.1, 0.15) is 0 Å². The van der Waals surface area contributed by atoms with E-state index in [0.29, 0.717) is 0 Å². The van der Waals surface area contributed by atoms with E-state index in [2.05, 4.69) is 0 Å². The summed E-state index contributed by atoms with van der Waals surface area (Å²) >= 11 is 1.34. The molecular formula is C12H18BF5N2SSi2. The van der Waals surface area contributed by atoms with E-state index in [-0.39, 0.29) is 0 Å². The van der Waals surface area contributed by atoms with Gasteiger partial charge >= 0.3 is 6.98 Å². The summed E-state index contributed by atoms with van der Waals surface area (Å²) in [6.45, 7) is 10.8. The van der Waals surface area contributed by atoms with Crippen LogP contribution in [0, 0.1) is 29.1 Å². The Hall–Kier alpha value is -0.361. The fourth-order valence-electron chi connectivity index (χ4n) is 2.30. The summed E-state index contributed by atoms with van der Waals surface area (Å²) < 4.78 is 72.6. The van der Waals surface area contributed by atoms with Gasteiger partial charge in [0.2, 0.25) is 0 Å². The monoisotopic (exact) mass is 384 g/mol. The van der Waals surface area contributed by atoms with Crippen molar-refractivity contribution in [3.05, 3.63) is 29.1 Å². The molecular weight excluding hydrogens is 366 g/mol. The third-order valence-corrected chi connectivity index (χ3v) is 11.1. The standard InChI is InChI=1S/C12H18BF5N2SSi2/c1-22(2,3)19-13(20(21-19)23(4,5)6)7-8(14)10(16)12(18)11(17)9(7)15/h1-6H3. The third-order valence-electron chi connectivity index (χ3n) is 3.44. The highest BCUT2D eigenvalue weighted by Gasteiger charge is 2.56. The normalized spacial score (nSPS) is 17.6. The van der Waals surface area contributed by atoms with E-state index >= 15 is 0 Å². The Morgan fingerprint density at radius 3 is 1.26 bits per heavy atom. The van der Waals surface area contributed by atoms with Gasteiger partial charge in [0, 0.05) is 5.46 Å². The Morgan fingerprint density at radius 1 is 0.652 bits per heavy atom. The number of nitrogens with zero attached hydrogens (tertiary/aromatic N) is 2. The molecule has 0 saturated carbocycles. The highest BCUT2D eigenvalue weighted by Crippen LogP contribution is 2.42. The summed E-state index contributed by atoms with van der Waals surface area (Å²) in [6.07, 6.45) is 0. The lowest BCUT2D eigenvalue weighted by atomic mass is 9.70. The number of hydrogen-bond acceptors (Lipinski definition) is 3. The zero-order valence-electron chi connectivity index (χ0n) is 13.8. The minimum atomic E-state index is -2.12. The van der Waals surface area contributed by atoms with Crippen molar-refractivity contribution in [1.82, 2.24) is 7.76 Å². The predicted octanol–water partition coefficient (Wildman–Crippen LogP) is 3.93. The molecule has 0 unspecified atom stereocenters. The van der Waals surface area contributed by atoms with Crippen LogP contribution in [0.25, 0.3) is 0 Å². The number of benzene rings is 1. The van der Waals surface area contributed by atoms with Crippen LogP contribution in [0.3, 0.4) is 0 Å². The highest BCUT2D eigenvalue weighted by molar-refractivity contribution is 8.03. The van der Waals surface area contributed by atoms with Crippen LogP contribution in [-0.2, 0) is 0 Å².